The molecule has 0 aliphatic rings. The van der Waals surface area contributed by atoms with Gasteiger partial charge in [-0.15, -0.1) is 0 Å². The molecular weight excluding hydrogens is 422 g/mol. The molecule has 0 bridgehead atoms. The molecule has 0 aliphatic carbocycles. The lowest BCUT2D eigenvalue weighted by molar-refractivity contribution is 0.512. The van der Waals surface area contributed by atoms with Gasteiger partial charge in [0.05, 0.1) is 0 Å². The van der Waals surface area contributed by atoms with Crippen LogP contribution >= 0.6 is 0 Å². The minimum Gasteiger partial charge on any atom is -0.317 e. The maximum atomic E-state index is 3.92. The van der Waals surface area contributed by atoms with E-state index in [1.165, 1.54) is 193 Å². The molecule has 0 aromatic rings. The van der Waals surface area contributed by atoms with E-state index in [0.717, 1.165) is 13.0 Å². The molecule has 211 valence electrons. The first-order chi connectivity index (χ1) is 17.4. The Morgan fingerprint density at radius 2 is 0.514 bits per heavy atom. The summed E-state index contributed by atoms with van der Waals surface area (Å²) in [5.74, 6) is 0. The normalized spacial score (nSPS) is 11.5. The fourth-order valence-corrected chi connectivity index (χ4v) is 5.38. The highest BCUT2D eigenvalue weighted by molar-refractivity contribution is 4.53. The summed E-state index contributed by atoms with van der Waals surface area (Å²) < 4.78 is 0. The van der Waals surface area contributed by atoms with Gasteiger partial charge < -0.3 is 5.32 Å². The van der Waals surface area contributed by atoms with E-state index in [2.05, 4.69) is 19.2 Å². The average Bonchev–Trinajstić information content (AvgIpc) is 2.87. The SMILES string of the molecule is [CH2]CCCCCCCCCCCCCCCCCCCCCCCCCCCCCCCNCC. The Hall–Kier alpha value is -0.0400. The van der Waals surface area contributed by atoms with Crippen molar-refractivity contribution in [1.29, 1.82) is 0 Å². The van der Waals surface area contributed by atoms with Crippen LogP contribution in [-0.2, 0) is 0 Å². The van der Waals surface area contributed by atoms with Crippen LogP contribution in [0.1, 0.15) is 200 Å². The zero-order valence-corrected chi connectivity index (χ0v) is 24.8. The van der Waals surface area contributed by atoms with Crippen molar-refractivity contribution in [2.75, 3.05) is 13.1 Å². The standard InChI is InChI=1S/C34H70N/c1-3-5-6-7-8-9-10-11-12-13-14-15-16-17-18-19-20-21-22-23-24-25-26-27-28-29-30-31-32-33-34-35-4-2/h35H,1,3-34H2,2H3. The van der Waals surface area contributed by atoms with E-state index in [9.17, 15) is 0 Å². The third-order valence-corrected chi connectivity index (χ3v) is 7.85. The van der Waals surface area contributed by atoms with Gasteiger partial charge in [0, 0.05) is 0 Å². The summed E-state index contributed by atoms with van der Waals surface area (Å²) in [4.78, 5) is 0. The van der Waals surface area contributed by atoms with Crippen LogP contribution in [0.4, 0.5) is 0 Å². The summed E-state index contributed by atoms with van der Waals surface area (Å²) in [6.45, 7) is 8.46. The smallest absolute Gasteiger partial charge is 0.00490 e. The van der Waals surface area contributed by atoms with E-state index in [4.69, 9.17) is 0 Å². The van der Waals surface area contributed by atoms with Crippen LogP contribution in [0.25, 0.3) is 0 Å². The number of nitrogens with one attached hydrogen (secondary N) is 1. The molecule has 0 aliphatic heterocycles. The third kappa shape index (κ3) is 34.0. The van der Waals surface area contributed by atoms with Gasteiger partial charge in [0.15, 0.2) is 0 Å². The van der Waals surface area contributed by atoms with Crippen LogP contribution < -0.4 is 5.32 Å². The van der Waals surface area contributed by atoms with Crippen molar-refractivity contribution in [3.05, 3.63) is 6.92 Å². The van der Waals surface area contributed by atoms with Crippen LogP contribution in [0.15, 0.2) is 0 Å². The quantitative estimate of drug-likeness (QED) is 0.0920. The molecule has 0 amide bonds. The fourth-order valence-electron chi connectivity index (χ4n) is 5.38. The van der Waals surface area contributed by atoms with Crippen LogP contribution in [0.5, 0.6) is 0 Å². The first-order valence-corrected chi connectivity index (χ1v) is 16.9. The molecule has 1 nitrogen and oxygen atoms in total. The molecule has 0 unspecified atom stereocenters. The molecule has 0 fully saturated rings. The molecule has 0 saturated heterocycles. The molecule has 1 N–H and O–H groups in total. The van der Waals surface area contributed by atoms with Gasteiger partial charge in [-0.2, -0.15) is 0 Å². The van der Waals surface area contributed by atoms with Crippen LogP contribution in [-0.4, -0.2) is 13.1 Å². The van der Waals surface area contributed by atoms with Gasteiger partial charge in [-0.3, -0.25) is 0 Å². The lowest BCUT2D eigenvalue weighted by Gasteiger charge is -2.05. The van der Waals surface area contributed by atoms with E-state index in [-0.39, 0.29) is 0 Å². The number of rotatable bonds is 32. The maximum Gasteiger partial charge on any atom is -0.00490 e. The molecule has 0 heterocycles. The minimum absolute atomic E-state index is 1.12. The molecule has 0 saturated carbocycles. The van der Waals surface area contributed by atoms with Crippen molar-refractivity contribution in [3.63, 3.8) is 0 Å². The lowest BCUT2D eigenvalue weighted by atomic mass is 10.0. The molecule has 1 radical (unpaired) electrons. The molecule has 0 rings (SSSR count). The largest absolute Gasteiger partial charge is 0.317 e. The Labute approximate surface area is 224 Å². The Balaban J connectivity index is 3.00. The number of hydrogen-bond acceptors (Lipinski definition) is 1. The molecule has 1 heteroatoms. The number of unbranched alkanes of at least 4 members (excludes halogenated alkanes) is 29. The molecule has 0 spiro atoms. The van der Waals surface area contributed by atoms with Gasteiger partial charge in [0.1, 0.15) is 0 Å². The predicted molar refractivity (Wildman–Crippen MR) is 162 cm³/mol. The molecule has 0 aromatic heterocycles. The van der Waals surface area contributed by atoms with Crippen molar-refractivity contribution < 1.29 is 0 Å². The first kappa shape index (κ1) is 35.0. The maximum absolute atomic E-state index is 3.92. The lowest BCUT2D eigenvalue weighted by Crippen LogP contribution is -2.13. The first-order valence-electron chi connectivity index (χ1n) is 16.9. The second-order valence-electron chi connectivity index (χ2n) is 11.5. The van der Waals surface area contributed by atoms with E-state index >= 15 is 0 Å². The topological polar surface area (TPSA) is 12.0 Å². The average molecular weight is 493 g/mol. The Kier molecular flexibility index (Phi) is 33.9. The molecule has 35 heavy (non-hydrogen) atoms. The predicted octanol–water partition coefficient (Wildman–Crippen LogP) is 12.1. The van der Waals surface area contributed by atoms with E-state index in [1.54, 1.807) is 0 Å². The second-order valence-corrected chi connectivity index (χ2v) is 11.5. The minimum atomic E-state index is 1.12. The van der Waals surface area contributed by atoms with Crippen LogP contribution in [0, 0.1) is 6.92 Å². The van der Waals surface area contributed by atoms with E-state index < -0.39 is 0 Å². The van der Waals surface area contributed by atoms with Crippen molar-refractivity contribution in [2.24, 2.45) is 0 Å². The highest BCUT2D eigenvalue weighted by Gasteiger charge is 1.97. The van der Waals surface area contributed by atoms with E-state index in [0.29, 0.717) is 0 Å². The van der Waals surface area contributed by atoms with Gasteiger partial charge in [-0.25, -0.2) is 0 Å². The van der Waals surface area contributed by atoms with E-state index in [1.807, 2.05) is 0 Å². The van der Waals surface area contributed by atoms with Crippen molar-refractivity contribution >= 4 is 0 Å². The summed E-state index contributed by atoms with van der Waals surface area (Å²) in [6.07, 6.45) is 43.6. The van der Waals surface area contributed by atoms with Crippen molar-refractivity contribution in [1.82, 2.24) is 5.32 Å². The Bertz CT molecular complexity index is 307. The fraction of sp³-hybridized carbons (Fsp3) is 0.971. The number of hydrogen-bond donors (Lipinski definition) is 1. The highest BCUT2D eigenvalue weighted by Crippen LogP contribution is 2.16. The summed E-state index contributed by atoms with van der Waals surface area (Å²) >= 11 is 0. The zero-order valence-electron chi connectivity index (χ0n) is 24.8. The highest BCUT2D eigenvalue weighted by atomic mass is 14.8. The van der Waals surface area contributed by atoms with Gasteiger partial charge in [0.25, 0.3) is 0 Å². The summed E-state index contributed by atoms with van der Waals surface area (Å²) in [5, 5.41) is 3.42. The molecule has 0 atom stereocenters. The zero-order chi connectivity index (χ0) is 25.3. The molecular formula is C34H70N. The summed E-state index contributed by atoms with van der Waals surface area (Å²) in [7, 11) is 0. The van der Waals surface area contributed by atoms with Gasteiger partial charge in [-0.05, 0) is 19.5 Å². The van der Waals surface area contributed by atoms with Crippen molar-refractivity contribution in [2.45, 2.75) is 200 Å². The second kappa shape index (κ2) is 34.0. The monoisotopic (exact) mass is 493 g/mol. The summed E-state index contributed by atoms with van der Waals surface area (Å²) in [6, 6.07) is 0. The molecule has 0 aromatic carbocycles. The Morgan fingerprint density at radius 1 is 0.314 bits per heavy atom. The summed E-state index contributed by atoms with van der Waals surface area (Å²) in [5.41, 5.74) is 0. The Morgan fingerprint density at radius 3 is 0.714 bits per heavy atom. The van der Waals surface area contributed by atoms with Gasteiger partial charge in [-0.1, -0.05) is 200 Å². The van der Waals surface area contributed by atoms with Crippen LogP contribution in [0.3, 0.4) is 0 Å². The van der Waals surface area contributed by atoms with Crippen LogP contribution in [0.2, 0.25) is 0 Å². The van der Waals surface area contributed by atoms with Crippen molar-refractivity contribution in [3.8, 4) is 0 Å². The van der Waals surface area contributed by atoms with Gasteiger partial charge in [0.2, 0.25) is 0 Å². The van der Waals surface area contributed by atoms with Gasteiger partial charge >= 0.3 is 0 Å². The third-order valence-electron chi connectivity index (χ3n) is 7.85.